The van der Waals surface area contributed by atoms with Crippen molar-refractivity contribution >= 4 is 25.0 Å². The summed E-state index contributed by atoms with van der Waals surface area (Å²) in [5.41, 5.74) is 1.31. The smallest absolute Gasteiger partial charge is 0.0190 e. The van der Waals surface area contributed by atoms with Crippen molar-refractivity contribution in [1.29, 1.82) is 0 Å². The molecule has 0 spiro atoms. The summed E-state index contributed by atoms with van der Waals surface area (Å²) in [4.78, 5) is 1.26. The molecule has 0 aliphatic carbocycles. The Bertz CT molecular complexity index is 198. The van der Waals surface area contributed by atoms with Crippen LogP contribution in [-0.4, -0.2) is 0 Å². The van der Waals surface area contributed by atoms with Gasteiger partial charge in [-0.1, -0.05) is 12.1 Å². The first-order valence-electron chi connectivity index (χ1n) is 2.68. The van der Waals surface area contributed by atoms with Gasteiger partial charge in [-0.05, 0) is 49.6 Å². The third-order valence-electron chi connectivity index (χ3n) is 1.08. The Labute approximate surface area is 66.9 Å². The van der Waals surface area contributed by atoms with Crippen molar-refractivity contribution in [2.45, 2.75) is 11.8 Å². The van der Waals surface area contributed by atoms with Gasteiger partial charge >= 0.3 is 0 Å². The zero-order chi connectivity index (χ0) is 6.69. The average molecular weight is 203 g/mol. The Morgan fingerprint density at radius 3 is 2.67 bits per heavy atom. The van der Waals surface area contributed by atoms with Crippen LogP contribution in [0, 0.1) is 6.92 Å². The Morgan fingerprint density at radius 1 is 1.44 bits per heavy atom. The maximum Gasteiger partial charge on any atom is 0.0190 e. The van der Waals surface area contributed by atoms with Crippen LogP contribution < -0.4 is 0 Å². The topological polar surface area (TPSA) is 0 Å². The first-order chi connectivity index (χ1) is 4.33. The molecule has 0 heterocycles. The zero-order valence-corrected chi connectivity index (χ0v) is 7.50. The Kier molecular flexibility index (Phi) is 2.61. The highest BCUT2D eigenvalue weighted by Crippen LogP contribution is 2.24. The fourth-order valence-corrected chi connectivity index (χ4v) is 1.63. The summed E-state index contributed by atoms with van der Waals surface area (Å²) in [6.45, 7) is 2.09. The lowest BCUT2D eigenvalue weighted by molar-refractivity contribution is 1.37. The second-order valence-corrected chi connectivity index (χ2v) is 3.49. The van der Waals surface area contributed by atoms with Crippen LogP contribution in [0.2, 0.25) is 0 Å². The zero-order valence-electron chi connectivity index (χ0n) is 5.10. The number of aryl methyl sites for hydroxylation is 1. The molecular formula is C7H7BrS. The maximum absolute atomic E-state index is 3.31. The molecular weight excluding hydrogens is 196 g/mol. The van der Waals surface area contributed by atoms with Crippen molar-refractivity contribution in [3.8, 4) is 0 Å². The average Bonchev–Trinajstić information content (AvgIpc) is 1.88. The predicted octanol–water partition coefficient (Wildman–Crippen LogP) is 3.40. The molecule has 0 aromatic heterocycles. The molecule has 2 heteroatoms. The lowest BCUT2D eigenvalue weighted by atomic mass is 10.2. The molecule has 0 fully saturated rings. The van der Waals surface area contributed by atoms with Gasteiger partial charge in [-0.15, -0.1) is 0 Å². The molecule has 1 rings (SSSR count). The Hall–Kier alpha value is 0.0500. The largest absolute Gasteiger partial charge is 0.0609 e. The van der Waals surface area contributed by atoms with E-state index in [0.717, 1.165) is 0 Å². The van der Waals surface area contributed by atoms with Crippen molar-refractivity contribution < 1.29 is 0 Å². The molecule has 0 N–H and O–H groups in total. The number of hydrogen-bond acceptors (Lipinski definition) is 1. The highest BCUT2D eigenvalue weighted by Gasteiger charge is 1.87. The van der Waals surface area contributed by atoms with Gasteiger partial charge in [-0.2, -0.15) is 0 Å². The summed E-state index contributed by atoms with van der Waals surface area (Å²) in [6, 6.07) is 8.36. The first kappa shape index (κ1) is 7.16. The third kappa shape index (κ3) is 2.03. The van der Waals surface area contributed by atoms with Gasteiger partial charge in [-0.3, -0.25) is 0 Å². The monoisotopic (exact) mass is 202 g/mol. The van der Waals surface area contributed by atoms with Crippen molar-refractivity contribution in [1.82, 2.24) is 0 Å². The summed E-state index contributed by atoms with van der Waals surface area (Å²) in [6.07, 6.45) is 0. The molecule has 0 aliphatic rings. The van der Waals surface area contributed by atoms with Gasteiger partial charge in [0.1, 0.15) is 0 Å². The van der Waals surface area contributed by atoms with Crippen LogP contribution >= 0.6 is 25.0 Å². The number of hydrogen-bond donors (Lipinski definition) is 0. The van der Waals surface area contributed by atoms with Crippen molar-refractivity contribution in [3.05, 3.63) is 29.8 Å². The van der Waals surface area contributed by atoms with Crippen molar-refractivity contribution in [2.24, 2.45) is 0 Å². The molecule has 48 valence electrons. The summed E-state index contributed by atoms with van der Waals surface area (Å²) in [5.74, 6) is 0. The molecule has 0 radical (unpaired) electrons. The molecule has 1 aromatic carbocycles. The van der Waals surface area contributed by atoms with E-state index in [0.29, 0.717) is 0 Å². The molecule has 0 saturated carbocycles. The van der Waals surface area contributed by atoms with Crippen LogP contribution in [0.4, 0.5) is 0 Å². The lowest BCUT2D eigenvalue weighted by Gasteiger charge is -1.93. The molecule has 9 heavy (non-hydrogen) atoms. The minimum Gasteiger partial charge on any atom is -0.0609 e. The van der Waals surface area contributed by atoms with Crippen LogP contribution in [0.5, 0.6) is 0 Å². The number of rotatable bonds is 1. The minimum atomic E-state index is 1.26. The van der Waals surface area contributed by atoms with Gasteiger partial charge < -0.3 is 0 Å². The minimum absolute atomic E-state index is 1.26. The van der Waals surface area contributed by atoms with E-state index < -0.39 is 0 Å². The quantitative estimate of drug-likeness (QED) is 0.674. The molecule has 1 aromatic rings. The molecule has 0 aliphatic heterocycles. The molecule has 0 atom stereocenters. The van der Waals surface area contributed by atoms with E-state index in [1.54, 1.807) is 10.2 Å². The third-order valence-corrected chi connectivity index (χ3v) is 2.63. The van der Waals surface area contributed by atoms with Crippen LogP contribution in [-0.2, 0) is 0 Å². The molecule has 0 unspecified atom stereocenters. The maximum atomic E-state index is 3.31. The summed E-state index contributed by atoms with van der Waals surface area (Å²) in [5, 5.41) is 0. The summed E-state index contributed by atoms with van der Waals surface area (Å²) in [7, 11) is 1.60. The Balaban J connectivity index is 2.94. The first-order valence-corrected chi connectivity index (χ1v) is 5.34. The van der Waals surface area contributed by atoms with E-state index in [1.165, 1.54) is 10.5 Å². The van der Waals surface area contributed by atoms with Crippen LogP contribution in [0.25, 0.3) is 0 Å². The number of benzene rings is 1. The van der Waals surface area contributed by atoms with Crippen molar-refractivity contribution in [3.63, 3.8) is 0 Å². The van der Waals surface area contributed by atoms with E-state index in [1.807, 2.05) is 0 Å². The van der Waals surface area contributed by atoms with E-state index in [4.69, 9.17) is 0 Å². The fourth-order valence-electron chi connectivity index (χ4n) is 0.663. The van der Waals surface area contributed by atoms with Gasteiger partial charge in [0, 0.05) is 4.90 Å². The normalized spacial score (nSPS) is 9.56. The summed E-state index contributed by atoms with van der Waals surface area (Å²) >= 11 is 3.31. The van der Waals surface area contributed by atoms with Crippen LogP contribution in [0.1, 0.15) is 5.56 Å². The van der Waals surface area contributed by atoms with Gasteiger partial charge in [0.2, 0.25) is 0 Å². The predicted molar refractivity (Wildman–Crippen MR) is 46.0 cm³/mol. The van der Waals surface area contributed by atoms with Crippen molar-refractivity contribution in [2.75, 3.05) is 0 Å². The van der Waals surface area contributed by atoms with E-state index in [2.05, 4.69) is 46.0 Å². The molecule has 0 saturated heterocycles. The second-order valence-electron chi connectivity index (χ2n) is 1.89. The van der Waals surface area contributed by atoms with E-state index in [9.17, 15) is 0 Å². The molecule has 0 nitrogen and oxygen atoms in total. The van der Waals surface area contributed by atoms with Gasteiger partial charge in [0.25, 0.3) is 0 Å². The molecule has 0 amide bonds. The lowest BCUT2D eigenvalue weighted by Crippen LogP contribution is -1.69. The van der Waals surface area contributed by atoms with E-state index in [-0.39, 0.29) is 0 Å². The van der Waals surface area contributed by atoms with Gasteiger partial charge in [0.15, 0.2) is 0 Å². The SMILES string of the molecule is Cc1cccc(SBr)c1. The van der Waals surface area contributed by atoms with Crippen LogP contribution in [0.15, 0.2) is 29.2 Å². The fraction of sp³-hybridized carbons (Fsp3) is 0.143. The van der Waals surface area contributed by atoms with Gasteiger partial charge in [-0.25, -0.2) is 0 Å². The standard InChI is InChI=1S/C7H7BrS/c1-6-3-2-4-7(5-6)9-8/h2-5H,1H3. The second kappa shape index (κ2) is 3.28. The highest BCUT2D eigenvalue weighted by molar-refractivity contribution is 9.50. The number of halogens is 1. The highest BCUT2D eigenvalue weighted by atomic mass is 79.9. The summed E-state index contributed by atoms with van der Waals surface area (Å²) < 4.78 is 0. The van der Waals surface area contributed by atoms with Gasteiger partial charge in [0.05, 0.1) is 0 Å². The van der Waals surface area contributed by atoms with E-state index >= 15 is 0 Å². The molecule has 0 bridgehead atoms. The van der Waals surface area contributed by atoms with Crippen LogP contribution in [0.3, 0.4) is 0 Å². The Morgan fingerprint density at radius 2 is 2.22 bits per heavy atom.